The molecule has 7 heteroatoms. The summed E-state index contributed by atoms with van der Waals surface area (Å²) in [6, 6.07) is 8.71. The van der Waals surface area contributed by atoms with Gasteiger partial charge in [0.05, 0.1) is 6.20 Å². The quantitative estimate of drug-likeness (QED) is 0.917. The van der Waals surface area contributed by atoms with E-state index in [2.05, 4.69) is 15.6 Å². The summed E-state index contributed by atoms with van der Waals surface area (Å²) in [5.41, 5.74) is 0.600. The van der Waals surface area contributed by atoms with Gasteiger partial charge >= 0.3 is 6.09 Å². The molecule has 0 bridgehead atoms. The predicted molar refractivity (Wildman–Crippen MR) is 66.3 cm³/mol. The fourth-order valence-electron chi connectivity index (χ4n) is 1.52. The third kappa shape index (κ3) is 3.27. The molecule has 1 aromatic heterocycles. The third-order valence-electron chi connectivity index (χ3n) is 2.51. The zero-order valence-electron chi connectivity index (χ0n) is 10.3. The maximum absolute atomic E-state index is 12.9. The summed E-state index contributed by atoms with van der Waals surface area (Å²) >= 11 is 0. The van der Waals surface area contributed by atoms with Crippen LogP contribution in [0.25, 0.3) is 0 Å². The molecule has 2 aromatic rings. The Morgan fingerprint density at radius 2 is 2.21 bits per heavy atom. The lowest BCUT2D eigenvalue weighted by molar-refractivity contribution is 0.0928. The van der Waals surface area contributed by atoms with E-state index in [1.807, 2.05) is 0 Å². The number of carbonyl (C=O) groups excluding carboxylic acids is 1. The van der Waals surface area contributed by atoms with Crippen molar-refractivity contribution in [2.45, 2.75) is 6.10 Å². The van der Waals surface area contributed by atoms with Gasteiger partial charge in [0, 0.05) is 7.05 Å². The Bertz CT molecular complexity index is 544. The Hall–Kier alpha value is -2.44. The summed E-state index contributed by atoms with van der Waals surface area (Å²) < 4.78 is 19.3. The van der Waals surface area contributed by atoms with Gasteiger partial charge in [-0.2, -0.15) is 0 Å². The maximum Gasteiger partial charge on any atom is 0.413 e. The number of hydrogen-bond donors (Lipinski definition) is 1. The van der Waals surface area contributed by atoms with Gasteiger partial charge < -0.3 is 4.74 Å². The van der Waals surface area contributed by atoms with E-state index < -0.39 is 18.9 Å². The average molecular weight is 264 g/mol. The van der Waals surface area contributed by atoms with Gasteiger partial charge in [0.2, 0.25) is 0 Å². The van der Waals surface area contributed by atoms with E-state index in [1.54, 1.807) is 37.4 Å². The van der Waals surface area contributed by atoms with Crippen LogP contribution in [-0.2, 0) is 11.8 Å². The molecule has 0 saturated carbocycles. The van der Waals surface area contributed by atoms with Crippen molar-refractivity contribution in [3.8, 4) is 0 Å². The van der Waals surface area contributed by atoms with Crippen molar-refractivity contribution in [3.05, 3.63) is 42.1 Å². The normalized spacial score (nSPS) is 11.9. The second kappa shape index (κ2) is 5.94. The highest BCUT2D eigenvalue weighted by Gasteiger charge is 2.17. The number of alkyl halides is 1. The lowest BCUT2D eigenvalue weighted by atomic mass is 10.1. The lowest BCUT2D eigenvalue weighted by Crippen LogP contribution is -2.20. The highest BCUT2D eigenvalue weighted by atomic mass is 19.1. The number of ether oxygens (including phenoxy) is 1. The molecule has 0 saturated heterocycles. The van der Waals surface area contributed by atoms with Crippen LogP contribution in [0.4, 0.5) is 15.0 Å². The summed E-state index contributed by atoms with van der Waals surface area (Å²) in [5, 5.41) is 9.69. The Labute approximate surface area is 109 Å². The Morgan fingerprint density at radius 3 is 2.79 bits per heavy atom. The van der Waals surface area contributed by atoms with Gasteiger partial charge in [-0.25, -0.2) is 13.9 Å². The van der Waals surface area contributed by atoms with Crippen molar-refractivity contribution in [2.75, 3.05) is 12.0 Å². The molecule has 2 rings (SSSR count). The van der Waals surface area contributed by atoms with Crippen molar-refractivity contribution in [3.63, 3.8) is 0 Å². The van der Waals surface area contributed by atoms with Gasteiger partial charge in [-0.1, -0.05) is 35.5 Å². The average Bonchev–Trinajstić information content (AvgIpc) is 2.82. The molecule has 1 N–H and O–H groups in total. The molecule has 1 heterocycles. The number of carbonyl (C=O) groups is 1. The molecule has 1 aromatic carbocycles. The fraction of sp³-hybridized carbons (Fsp3) is 0.250. The van der Waals surface area contributed by atoms with Crippen molar-refractivity contribution in [1.82, 2.24) is 15.0 Å². The maximum atomic E-state index is 12.9. The number of halogens is 1. The van der Waals surface area contributed by atoms with E-state index in [0.717, 1.165) is 0 Å². The molecular weight excluding hydrogens is 251 g/mol. The lowest BCUT2D eigenvalue weighted by Gasteiger charge is -2.15. The molecular formula is C12H13FN4O2. The standard InChI is InChI=1S/C12H13FN4O2/c1-17-11(8-14-16-17)15-12(18)19-10(7-13)9-5-3-2-4-6-9/h2-6,8,10H,7H2,1H3,(H,15,18). The molecule has 1 atom stereocenters. The number of anilines is 1. The second-order valence-corrected chi connectivity index (χ2v) is 3.83. The van der Waals surface area contributed by atoms with E-state index in [0.29, 0.717) is 11.4 Å². The highest BCUT2D eigenvalue weighted by molar-refractivity contribution is 5.83. The summed E-state index contributed by atoms with van der Waals surface area (Å²) in [7, 11) is 1.62. The van der Waals surface area contributed by atoms with Crippen LogP contribution < -0.4 is 5.32 Å². The first-order valence-electron chi connectivity index (χ1n) is 5.64. The number of amides is 1. The summed E-state index contributed by atoms with van der Waals surface area (Å²) in [5.74, 6) is 0.371. The van der Waals surface area contributed by atoms with Crippen molar-refractivity contribution < 1.29 is 13.9 Å². The van der Waals surface area contributed by atoms with Crippen LogP contribution in [0.2, 0.25) is 0 Å². The second-order valence-electron chi connectivity index (χ2n) is 3.83. The number of nitrogens with one attached hydrogen (secondary N) is 1. The van der Waals surface area contributed by atoms with Crippen LogP contribution in [0.15, 0.2) is 36.5 Å². The number of hydrogen-bond acceptors (Lipinski definition) is 4. The Balaban J connectivity index is 1.99. The minimum absolute atomic E-state index is 0.371. The molecule has 19 heavy (non-hydrogen) atoms. The smallest absolute Gasteiger partial charge is 0.413 e. The Kier molecular flexibility index (Phi) is 4.07. The van der Waals surface area contributed by atoms with Gasteiger partial charge in [-0.3, -0.25) is 5.32 Å². The van der Waals surface area contributed by atoms with E-state index in [4.69, 9.17) is 4.74 Å². The third-order valence-corrected chi connectivity index (χ3v) is 2.51. The van der Waals surface area contributed by atoms with Crippen LogP contribution in [-0.4, -0.2) is 27.8 Å². The van der Waals surface area contributed by atoms with Gasteiger partial charge in [0.1, 0.15) is 6.67 Å². The number of aromatic nitrogens is 3. The summed E-state index contributed by atoms with van der Waals surface area (Å²) in [6.07, 6.45) is -0.312. The molecule has 0 spiro atoms. The first-order chi connectivity index (χ1) is 9.20. The summed E-state index contributed by atoms with van der Waals surface area (Å²) in [6.45, 7) is -0.791. The molecule has 100 valence electrons. The minimum Gasteiger partial charge on any atom is -0.438 e. The topological polar surface area (TPSA) is 69.0 Å². The molecule has 1 unspecified atom stereocenters. The number of benzene rings is 1. The van der Waals surface area contributed by atoms with E-state index >= 15 is 0 Å². The van der Waals surface area contributed by atoms with Gasteiger partial charge in [-0.05, 0) is 5.56 Å². The van der Waals surface area contributed by atoms with Crippen molar-refractivity contribution in [1.29, 1.82) is 0 Å². The van der Waals surface area contributed by atoms with Crippen molar-refractivity contribution >= 4 is 11.9 Å². The molecule has 6 nitrogen and oxygen atoms in total. The molecule has 0 fully saturated rings. The SMILES string of the molecule is Cn1nncc1NC(=O)OC(CF)c1ccccc1. The number of aryl methyl sites for hydroxylation is 1. The van der Waals surface area contributed by atoms with Gasteiger partial charge in [0.25, 0.3) is 0 Å². The molecule has 0 aliphatic carbocycles. The van der Waals surface area contributed by atoms with Crippen molar-refractivity contribution in [2.24, 2.45) is 7.05 Å². The fourth-order valence-corrected chi connectivity index (χ4v) is 1.52. The molecule has 1 amide bonds. The van der Waals surface area contributed by atoms with Crippen LogP contribution in [0.5, 0.6) is 0 Å². The first kappa shape index (κ1) is 13.0. The molecule has 0 aliphatic rings. The summed E-state index contributed by atoms with van der Waals surface area (Å²) in [4.78, 5) is 11.6. The Morgan fingerprint density at radius 1 is 1.47 bits per heavy atom. The number of nitrogens with zero attached hydrogens (tertiary/aromatic N) is 3. The van der Waals surface area contributed by atoms with Gasteiger partial charge in [-0.15, -0.1) is 5.10 Å². The zero-order valence-corrected chi connectivity index (χ0v) is 10.3. The van der Waals surface area contributed by atoms with Gasteiger partial charge in [0.15, 0.2) is 11.9 Å². The van der Waals surface area contributed by atoms with E-state index in [1.165, 1.54) is 10.9 Å². The van der Waals surface area contributed by atoms with E-state index in [9.17, 15) is 9.18 Å². The van der Waals surface area contributed by atoms with Crippen LogP contribution in [0.1, 0.15) is 11.7 Å². The number of rotatable bonds is 4. The van der Waals surface area contributed by atoms with Crippen LogP contribution in [0.3, 0.4) is 0 Å². The zero-order chi connectivity index (χ0) is 13.7. The predicted octanol–water partition coefficient (Wildman–Crippen LogP) is 2.07. The first-order valence-corrected chi connectivity index (χ1v) is 5.64. The highest BCUT2D eigenvalue weighted by Crippen LogP contribution is 2.18. The van der Waals surface area contributed by atoms with E-state index in [-0.39, 0.29) is 0 Å². The van der Waals surface area contributed by atoms with Crippen LogP contribution in [0, 0.1) is 0 Å². The van der Waals surface area contributed by atoms with Crippen LogP contribution >= 0.6 is 0 Å². The monoisotopic (exact) mass is 264 g/mol. The molecule has 0 aliphatic heterocycles. The minimum atomic E-state index is -0.928. The largest absolute Gasteiger partial charge is 0.438 e. The molecule has 0 radical (unpaired) electrons.